The van der Waals surface area contributed by atoms with Crippen LogP contribution < -0.4 is 16.0 Å². The van der Waals surface area contributed by atoms with Crippen LogP contribution in [0, 0.1) is 52.4 Å². The molecule has 0 saturated carbocycles. The van der Waals surface area contributed by atoms with Crippen LogP contribution in [-0.4, -0.2) is 45.5 Å². The zero-order valence-corrected chi connectivity index (χ0v) is 24.8. The van der Waals surface area contributed by atoms with Gasteiger partial charge in [0.15, 0.2) is 5.78 Å². The molecule has 5 heterocycles. The number of ketones is 1. The lowest BCUT2D eigenvalue weighted by Gasteiger charge is -2.20. The summed E-state index contributed by atoms with van der Waals surface area (Å²) >= 11 is 0. The van der Waals surface area contributed by atoms with Crippen molar-refractivity contribution in [3.8, 4) is 0 Å². The minimum Gasteiger partial charge on any atom is -0.481 e. The van der Waals surface area contributed by atoms with Crippen LogP contribution in [0.1, 0.15) is 80.7 Å². The van der Waals surface area contributed by atoms with Crippen LogP contribution in [-0.2, 0) is 9.53 Å². The van der Waals surface area contributed by atoms with Gasteiger partial charge in [0, 0.05) is 75.7 Å². The number of carbonyl (C=O) groups is 2. The highest BCUT2D eigenvalue weighted by Gasteiger charge is 2.45. The molecule has 3 atom stereocenters. The van der Waals surface area contributed by atoms with E-state index in [-0.39, 0.29) is 30.6 Å². The van der Waals surface area contributed by atoms with Gasteiger partial charge in [0.25, 0.3) is 0 Å². The maximum atomic E-state index is 13.9. The second-order valence-electron chi connectivity index (χ2n) is 11.9. The molecule has 3 aromatic heterocycles. The maximum absolute atomic E-state index is 13.9. The second-order valence-corrected chi connectivity index (χ2v) is 11.9. The highest BCUT2D eigenvalue weighted by Crippen LogP contribution is 2.48. The van der Waals surface area contributed by atoms with E-state index in [1.165, 1.54) is 11.1 Å². The zero-order valence-electron chi connectivity index (χ0n) is 24.8. The lowest BCUT2D eigenvalue weighted by molar-refractivity contribution is -0.137. The Morgan fingerprint density at radius 2 is 1.49 bits per heavy atom. The number of hydrogen-bond acceptors (Lipinski definition) is 4. The number of nitrogens with one attached hydrogen (secondary N) is 4. The molecular formula is C33H38N4O4. The number of carbonyl (C=O) groups excluding carboxylic acids is 1. The number of aromatic nitrogens is 3. The van der Waals surface area contributed by atoms with Crippen LogP contribution in [0.3, 0.4) is 0 Å². The van der Waals surface area contributed by atoms with Crippen LogP contribution >= 0.6 is 0 Å². The lowest BCUT2D eigenvalue weighted by Crippen LogP contribution is -2.20. The molecule has 41 heavy (non-hydrogen) atoms. The first-order chi connectivity index (χ1) is 19.5. The third kappa shape index (κ3) is 4.15. The standard InChI is InChI=1S/C33H38N4O4/c1-14-16(3)24-11-26-18(5)20(8-9-28(38)39)31(36-26)30-21(13-41-7)33(40)29-19(6)27(37-32(29)30)12-25-17(4)15(2)23(35-25)10-22(14)34-24/h10-12,18,20-21,34-37H,8-9,13H2,1-7H3,(H,38,39)/b23-10-,25-12-,26-11-,31-30-/t18-,20-,21+/m0/s1. The third-order valence-electron chi connectivity index (χ3n) is 9.66. The number of allylic oxidation sites excluding steroid dienone is 2. The molecule has 1 fully saturated rings. The molecule has 6 rings (SSSR count). The van der Waals surface area contributed by atoms with Crippen LogP contribution in [0.4, 0.5) is 0 Å². The van der Waals surface area contributed by atoms with Crippen molar-refractivity contribution in [2.24, 2.45) is 17.8 Å². The average Bonchev–Trinajstić information content (AvgIpc) is 3.64. The van der Waals surface area contributed by atoms with Gasteiger partial charge >= 0.3 is 5.97 Å². The Labute approximate surface area is 239 Å². The minimum atomic E-state index is -0.826. The number of aromatic amines is 3. The number of methoxy groups -OCH3 is 1. The van der Waals surface area contributed by atoms with E-state index in [0.29, 0.717) is 12.0 Å². The van der Waals surface area contributed by atoms with Gasteiger partial charge in [-0.1, -0.05) is 6.92 Å². The molecule has 1 aliphatic carbocycles. The molecular weight excluding hydrogens is 516 g/mol. The summed E-state index contributed by atoms with van der Waals surface area (Å²) in [7, 11) is 1.61. The molecule has 0 spiro atoms. The van der Waals surface area contributed by atoms with Crippen molar-refractivity contribution in [3.05, 3.63) is 78.2 Å². The van der Waals surface area contributed by atoms with Gasteiger partial charge in [-0.3, -0.25) is 9.59 Å². The van der Waals surface area contributed by atoms with Crippen LogP contribution in [0.2, 0.25) is 0 Å². The Morgan fingerprint density at radius 1 is 0.878 bits per heavy atom. The average molecular weight is 555 g/mol. The van der Waals surface area contributed by atoms with Crippen molar-refractivity contribution < 1.29 is 19.4 Å². The monoisotopic (exact) mass is 554 g/mol. The first-order valence-corrected chi connectivity index (χ1v) is 14.3. The number of carboxylic acids is 1. The highest BCUT2D eigenvalue weighted by atomic mass is 16.5. The molecule has 0 radical (unpaired) electrons. The van der Waals surface area contributed by atoms with E-state index in [0.717, 1.165) is 67.1 Å². The lowest BCUT2D eigenvalue weighted by atomic mass is 9.85. The largest absolute Gasteiger partial charge is 0.481 e. The smallest absolute Gasteiger partial charge is 0.303 e. The normalized spacial score (nSPS) is 25.8. The Bertz CT molecular complexity index is 1810. The summed E-state index contributed by atoms with van der Waals surface area (Å²) in [6, 6.07) is 0. The molecule has 5 N–H and O–H groups in total. The SMILES string of the molecule is COC[C@H]1C(=O)c2c3[nH]c(c2C)/C=c2\[nH]/c(c(C)c2C)=C\c2[nH]c(c(C)c2C)/C=C2\N/C(=C\31)[C@@H](CCC(=O)O)[C@@H]2C. The Morgan fingerprint density at radius 3 is 2.10 bits per heavy atom. The number of aliphatic carboxylic acids is 1. The van der Waals surface area contributed by atoms with Gasteiger partial charge in [0.05, 0.1) is 18.2 Å². The van der Waals surface area contributed by atoms with Gasteiger partial charge in [0.1, 0.15) is 0 Å². The number of ether oxygens (including phenoxy) is 1. The van der Waals surface area contributed by atoms with Crippen LogP contribution in [0.25, 0.3) is 23.8 Å². The van der Waals surface area contributed by atoms with Gasteiger partial charge in [-0.2, -0.15) is 0 Å². The number of Topliss-reactive ketones (excluding diaryl/α,β-unsaturated/α-hetero) is 1. The topological polar surface area (TPSA) is 123 Å². The molecule has 0 amide bonds. The number of hydrogen-bond donors (Lipinski definition) is 5. The molecule has 8 bridgehead atoms. The molecule has 214 valence electrons. The highest BCUT2D eigenvalue weighted by molar-refractivity contribution is 6.15. The van der Waals surface area contributed by atoms with E-state index in [2.05, 4.69) is 73.1 Å². The van der Waals surface area contributed by atoms with Crippen molar-refractivity contribution in [3.63, 3.8) is 0 Å². The van der Waals surface area contributed by atoms with E-state index < -0.39 is 11.9 Å². The predicted octanol–water partition coefficient (Wildman–Crippen LogP) is 4.12. The molecule has 0 unspecified atom stereocenters. The van der Waals surface area contributed by atoms with E-state index in [1.807, 2.05) is 6.92 Å². The quantitative estimate of drug-likeness (QED) is 0.325. The first kappa shape index (κ1) is 27.1. The van der Waals surface area contributed by atoms with Crippen molar-refractivity contribution in [1.29, 1.82) is 0 Å². The summed E-state index contributed by atoms with van der Waals surface area (Å²) in [4.78, 5) is 36.5. The summed E-state index contributed by atoms with van der Waals surface area (Å²) in [5.41, 5.74) is 12.9. The van der Waals surface area contributed by atoms with Gasteiger partial charge in [0.2, 0.25) is 0 Å². The molecule has 2 aliphatic heterocycles. The summed E-state index contributed by atoms with van der Waals surface area (Å²) in [6.45, 7) is 12.9. The van der Waals surface area contributed by atoms with Gasteiger partial charge in [-0.25, -0.2) is 0 Å². The third-order valence-corrected chi connectivity index (χ3v) is 9.66. The number of rotatable bonds is 5. The Hall–Kier alpha value is -4.04. The van der Waals surface area contributed by atoms with Crippen molar-refractivity contribution in [2.45, 2.75) is 54.4 Å². The minimum absolute atomic E-state index is 0.0304. The van der Waals surface area contributed by atoms with Crippen molar-refractivity contribution >= 4 is 35.6 Å². The first-order valence-electron chi connectivity index (χ1n) is 14.3. The molecule has 1 saturated heterocycles. The molecule has 8 heteroatoms. The maximum Gasteiger partial charge on any atom is 0.303 e. The van der Waals surface area contributed by atoms with E-state index >= 15 is 0 Å². The summed E-state index contributed by atoms with van der Waals surface area (Å²) in [5, 5.41) is 15.3. The number of carboxylic acid groups (broad SMARTS) is 1. The molecule has 3 aliphatic rings. The van der Waals surface area contributed by atoms with Crippen LogP contribution in [0.5, 0.6) is 0 Å². The fourth-order valence-electron chi connectivity index (χ4n) is 6.83. The number of H-pyrrole nitrogens is 3. The summed E-state index contributed by atoms with van der Waals surface area (Å²) in [5.74, 6) is -1.31. The Balaban J connectivity index is 1.70. The van der Waals surface area contributed by atoms with E-state index in [9.17, 15) is 14.7 Å². The summed E-state index contributed by atoms with van der Waals surface area (Å²) in [6.07, 6.45) is 6.93. The van der Waals surface area contributed by atoms with Gasteiger partial charge in [-0.15, -0.1) is 0 Å². The van der Waals surface area contributed by atoms with Crippen molar-refractivity contribution in [2.75, 3.05) is 13.7 Å². The predicted molar refractivity (Wildman–Crippen MR) is 160 cm³/mol. The van der Waals surface area contributed by atoms with E-state index in [1.54, 1.807) is 7.11 Å². The van der Waals surface area contributed by atoms with Crippen LogP contribution in [0.15, 0.2) is 11.4 Å². The second kappa shape index (κ2) is 9.80. The Kier molecular flexibility index (Phi) is 6.49. The fraction of sp³-hybridized carbons (Fsp3) is 0.394. The van der Waals surface area contributed by atoms with Gasteiger partial charge < -0.3 is 30.1 Å². The number of fused-ring (bicyclic) bond motifs is 7. The van der Waals surface area contributed by atoms with Gasteiger partial charge in [-0.05, 0) is 87.1 Å². The molecule has 3 aromatic rings. The fourth-order valence-corrected chi connectivity index (χ4v) is 6.83. The van der Waals surface area contributed by atoms with Crippen molar-refractivity contribution in [1.82, 2.24) is 20.3 Å². The molecule has 0 aromatic carbocycles. The van der Waals surface area contributed by atoms with E-state index in [4.69, 9.17) is 4.74 Å². The zero-order chi connectivity index (χ0) is 29.3. The molecule has 8 nitrogen and oxygen atoms in total. The summed E-state index contributed by atoms with van der Waals surface area (Å²) < 4.78 is 5.56.